The maximum Gasteiger partial charge on any atom is 0.416 e. The van der Waals surface area contributed by atoms with Crippen LogP contribution in [-0.2, 0) is 20.6 Å². The molecule has 4 nitrogen and oxygen atoms in total. The third kappa shape index (κ3) is 4.15. The molecule has 0 spiro atoms. The van der Waals surface area contributed by atoms with Crippen LogP contribution in [0.3, 0.4) is 0 Å². The second-order valence-corrected chi connectivity index (χ2v) is 8.01. The van der Waals surface area contributed by atoms with Crippen molar-refractivity contribution in [3.8, 4) is 0 Å². The Morgan fingerprint density at radius 2 is 1.75 bits per heavy atom. The van der Waals surface area contributed by atoms with Crippen molar-refractivity contribution in [3.63, 3.8) is 0 Å². The van der Waals surface area contributed by atoms with Crippen LogP contribution >= 0.6 is 0 Å². The lowest BCUT2D eigenvalue weighted by Gasteiger charge is -2.29. The number of allylic oxidation sites excluding steroid dienone is 3. The van der Waals surface area contributed by atoms with Crippen molar-refractivity contribution in [1.29, 1.82) is 0 Å². The normalized spacial score (nSPS) is 18.9. The van der Waals surface area contributed by atoms with E-state index in [9.17, 15) is 27.6 Å². The monoisotopic (exact) mass is 439 g/mol. The molecule has 7 heteroatoms. The Labute approximate surface area is 182 Å². The van der Waals surface area contributed by atoms with Gasteiger partial charge in [0.05, 0.1) is 17.1 Å². The summed E-state index contributed by atoms with van der Waals surface area (Å²) in [7, 11) is 0. The van der Waals surface area contributed by atoms with E-state index in [0.717, 1.165) is 17.7 Å². The van der Waals surface area contributed by atoms with Crippen LogP contribution in [0.2, 0.25) is 0 Å². The van der Waals surface area contributed by atoms with Crippen LogP contribution in [0.25, 0.3) is 0 Å². The summed E-state index contributed by atoms with van der Waals surface area (Å²) in [6.07, 6.45) is -1.73. The standard InChI is InChI=1S/C25H20F3NO3/c1-14-8-10-15(11-9-14)22-18-6-3-7-21(30)19(18)13-20(23(22)31)24(32)29-17-5-2-4-16(12-17)25(26,27)28/h2,4-5,8-13,22H,3,6-7H2,1H3,(H,29,32). The number of rotatable bonds is 3. The fourth-order valence-electron chi connectivity index (χ4n) is 4.15. The second-order valence-electron chi connectivity index (χ2n) is 8.01. The van der Waals surface area contributed by atoms with Gasteiger partial charge in [-0.25, -0.2) is 0 Å². The predicted molar refractivity (Wildman–Crippen MR) is 113 cm³/mol. The molecule has 2 aromatic carbocycles. The molecule has 0 aromatic heterocycles. The first-order valence-electron chi connectivity index (χ1n) is 10.2. The summed E-state index contributed by atoms with van der Waals surface area (Å²) in [5.74, 6) is -2.20. The van der Waals surface area contributed by atoms with Crippen molar-refractivity contribution in [3.05, 3.63) is 88.0 Å². The Morgan fingerprint density at radius 3 is 2.44 bits per heavy atom. The Balaban J connectivity index is 1.71. The lowest BCUT2D eigenvalue weighted by Crippen LogP contribution is -2.31. The predicted octanol–water partition coefficient (Wildman–Crippen LogP) is 5.29. The first-order chi connectivity index (χ1) is 15.1. The van der Waals surface area contributed by atoms with E-state index in [1.54, 1.807) is 12.1 Å². The summed E-state index contributed by atoms with van der Waals surface area (Å²) < 4.78 is 39.0. The molecule has 2 aromatic rings. The van der Waals surface area contributed by atoms with Crippen molar-refractivity contribution in [2.24, 2.45) is 0 Å². The van der Waals surface area contributed by atoms with Gasteiger partial charge in [0, 0.05) is 17.7 Å². The number of hydrogen-bond acceptors (Lipinski definition) is 3. The summed E-state index contributed by atoms with van der Waals surface area (Å²) in [5.41, 5.74) is 1.51. The molecule has 32 heavy (non-hydrogen) atoms. The highest BCUT2D eigenvalue weighted by Crippen LogP contribution is 2.41. The van der Waals surface area contributed by atoms with Gasteiger partial charge in [0.15, 0.2) is 11.6 Å². The third-order valence-corrected chi connectivity index (χ3v) is 5.76. The van der Waals surface area contributed by atoms with Gasteiger partial charge in [-0.3, -0.25) is 14.4 Å². The number of aryl methyl sites for hydroxylation is 1. The molecule has 0 saturated heterocycles. The van der Waals surface area contributed by atoms with Crippen molar-refractivity contribution in [1.82, 2.24) is 0 Å². The minimum absolute atomic E-state index is 0.0832. The number of ketones is 2. The maximum atomic E-state index is 13.4. The Morgan fingerprint density at radius 1 is 1.03 bits per heavy atom. The fourth-order valence-corrected chi connectivity index (χ4v) is 4.15. The van der Waals surface area contributed by atoms with E-state index < -0.39 is 29.3 Å². The zero-order chi connectivity index (χ0) is 23.0. The lowest BCUT2D eigenvalue weighted by atomic mass is 9.72. The average Bonchev–Trinajstić information content (AvgIpc) is 2.74. The number of amides is 1. The number of halogens is 3. The highest BCUT2D eigenvalue weighted by atomic mass is 19.4. The zero-order valence-corrected chi connectivity index (χ0v) is 17.3. The minimum Gasteiger partial charge on any atom is -0.322 e. The molecule has 0 saturated carbocycles. The van der Waals surface area contributed by atoms with E-state index in [2.05, 4.69) is 5.32 Å². The summed E-state index contributed by atoms with van der Waals surface area (Å²) in [6, 6.07) is 11.5. The molecule has 0 aliphatic heterocycles. The van der Waals surface area contributed by atoms with E-state index in [1.807, 2.05) is 19.1 Å². The van der Waals surface area contributed by atoms with Crippen LogP contribution < -0.4 is 5.32 Å². The minimum atomic E-state index is -4.56. The van der Waals surface area contributed by atoms with E-state index >= 15 is 0 Å². The molecule has 1 amide bonds. The van der Waals surface area contributed by atoms with Crippen LogP contribution in [0.1, 0.15) is 41.9 Å². The number of hydrogen-bond donors (Lipinski definition) is 1. The number of benzene rings is 2. The van der Waals surface area contributed by atoms with Crippen LogP contribution in [0.15, 0.2) is 71.3 Å². The van der Waals surface area contributed by atoms with Crippen molar-refractivity contribution < 1.29 is 27.6 Å². The number of alkyl halides is 3. The molecule has 2 aliphatic carbocycles. The average molecular weight is 439 g/mol. The fraction of sp³-hybridized carbons (Fsp3) is 0.240. The maximum absolute atomic E-state index is 13.4. The molecule has 0 radical (unpaired) electrons. The smallest absolute Gasteiger partial charge is 0.322 e. The van der Waals surface area contributed by atoms with Gasteiger partial charge in [0.1, 0.15) is 0 Å². The van der Waals surface area contributed by atoms with Gasteiger partial charge in [-0.05, 0) is 55.2 Å². The van der Waals surface area contributed by atoms with Crippen LogP contribution in [0.4, 0.5) is 18.9 Å². The molecule has 164 valence electrons. The van der Waals surface area contributed by atoms with E-state index in [-0.39, 0.29) is 17.0 Å². The van der Waals surface area contributed by atoms with E-state index in [4.69, 9.17) is 0 Å². The Kier molecular flexibility index (Phi) is 5.59. The molecular weight excluding hydrogens is 419 g/mol. The van der Waals surface area contributed by atoms with Crippen molar-refractivity contribution in [2.45, 2.75) is 38.3 Å². The van der Waals surface area contributed by atoms with Gasteiger partial charge in [-0.1, -0.05) is 35.9 Å². The Bertz CT molecular complexity index is 1170. The number of Topliss-reactive ketones (excluding diaryl/α,β-unsaturated/α-hetero) is 2. The highest BCUT2D eigenvalue weighted by molar-refractivity contribution is 6.28. The summed E-state index contributed by atoms with van der Waals surface area (Å²) in [5, 5.41) is 2.38. The molecule has 1 N–H and O–H groups in total. The van der Waals surface area contributed by atoms with Crippen LogP contribution in [0.5, 0.6) is 0 Å². The zero-order valence-electron chi connectivity index (χ0n) is 17.3. The largest absolute Gasteiger partial charge is 0.416 e. The SMILES string of the molecule is Cc1ccc(C2C(=O)C(C(=O)Nc3cccc(C(F)(F)F)c3)=CC3=C2CCCC3=O)cc1. The van der Waals surface area contributed by atoms with Crippen LogP contribution in [0, 0.1) is 6.92 Å². The lowest BCUT2D eigenvalue weighted by molar-refractivity contribution is -0.137. The summed E-state index contributed by atoms with van der Waals surface area (Å²) >= 11 is 0. The highest BCUT2D eigenvalue weighted by Gasteiger charge is 2.38. The second kappa shape index (κ2) is 8.22. The van der Waals surface area contributed by atoms with Gasteiger partial charge in [0.25, 0.3) is 5.91 Å². The first-order valence-corrected chi connectivity index (χ1v) is 10.2. The third-order valence-electron chi connectivity index (χ3n) is 5.76. The van der Waals surface area contributed by atoms with Gasteiger partial charge in [0.2, 0.25) is 0 Å². The molecule has 0 heterocycles. The van der Waals surface area contributed by atoms with Gasteiger partial charge in [-0.15, -0.1) is 0 Å². The number of nitrogens with one attached hydrogen (secondary N) is 1. The van der Waals surface area contributed by atoms with E-state index in [1.165, 1.54) is 18.2 Å². The van der Waals surface area contributed by atoms with Crippen LogP contribution in [-0.4, -0.2) is 17.5 Å². The number of anilines is 1. The molecule has 0 bridgehead atoms. The summed E-state index contributed by atoms with van der Waals surface area (Å²) in [6.45, 7) is 1.91. The molecule has 1 atom stereocenters. The van der Waals surface area contributed by atoms with Crippen molar-refractivity contribution in [2.75, 3.05) is 5.32 Å². The molecule has 4 rings (SSSR count). The topological polar surface area (TPSA) is 63.2 Å². The number of carbonyl (C=O) groups is 3. The number of carbonyl (C=O) groups excluding carboxylic acids is 3. The van der Waals surface area contributed by atoms with Gasteiger partial charge in [-0.2, -0.15) is 13.2 Å². The van der Waals surface area contributed by atoms with E-state index in [0.29, 0.717) is 36.0 Å². The Hall–Kier alpha value is -3.48. The van der Waals surface area contributed by atoms with Crippen molar-refractivity contribution >= 4 is 23.2 Å². The first kappa shape index (κ1) is 21.7. The molecular formula is C25H20F3NO3. The molecule has 0 fully saturated rings. The van der Waals surface area contributed by atoms with Gasteiger partial charge >= 0.3 is 6.18 Å². The summed E-state index contributed by atoms with van der Waals surface area (Å²) in [4.78, 5) is 38.9. The molecule has 1 unspecified atom stereocenters. The molecule has 2 aliphatic rings. The quantitative estimate of drug-likeness (QED) is 0.661. The van der Waals surface area contributed by atoms with Gasteiger partial charge < -0.3 is 5.32 Å².